The van der Waals surface area contributed by atoms with E-state index in [0.29, 0.717) is 6.61 Å². The SMILES string of the molecule is COc1ccc(-c2ccc(C=C3CCN(CCOCC(=O)O)CC3)cc2)cc1. The first kappa shape index (κ1) is 20.1. The first-order valence-corrected chi connectivity index (χ1v) is 9.60. The van der Waals surface area contributed by atoms with Crippen molar-refractivity contribution in [3.05, 3.63) is 59.7 Å². The summed E-state index contributed by atoms with van der Waals surface area (Å²) >= 11 is 0. The van der Waals surface area contributed by atoms with Gasteiger partial charge in [-0.25, -0.2) is 4.79 Å². The van der Waals surface area contributed by atoms with Crippen LogP contribution >= 0.6 is 0 Å². The molecular weight excluding hydrogens is 354 g/mol. The number of carboxylic acids is 1. The predicted molar refractivity (Wildman–Crippen MR) is 111 cm³/mol. The molecule has 1 aliphatic rings. The van der Waals surface area contributed by atoms with Gasteiger partial charge in [-0.15, -0.1) is 0 Å². The molecule has 0 bridgehead atoms. The van der Waals surface area contributed by atoms with Crippen LogP contribution in [-0.4, -0.2) is 55.9 Å². The molecule has 0 amide bonds. The number of methoxy groups -OCH3 is 1. The molecule has 0 aliphatic carbocycles. The van der Waals surface area contributed by atoms with Crippen molar-refractivity contribution in [2.24, 2.45) is 0 Å². The maximum Gasteiger partial charge on any atom is 0.329 e. The van der Waals surface area contributed by atoms with Crippen molar-refractivity contribution in [3.63, 3.8) is 0 Å². The molecule has 0 saturated carbocycles. The largest absolute Gasteiger partial charge is 0.497 e. The third-order valence-electron chi connectivity index (χ3n) is 4.98. The van der Waals surface area contributed by atoms with Crippen LogP contribution in [0.1, 0.15) is 18.4 Å². The molecule has 1 fully saturated rings. The summed E-state index contributed by atoms with van der Waals surface area (Å²) in [6.45, 7) is 3.03. The maximum absolute atomic E-state index is 10.4. The van der Waals surface area contributed by atoms with Gasteiger partial charge in [0, 0.05) is 19.6 Å². The van der Waals surface area contributed by atoms with Crippen LogP contribution in [0.2, 0.25) is 0 Å². The number of nitrogens with zero attached hydrogens (tertiary/aromatic N) is 1. The van der Waals surface area contributed by atoms with Gasteiger partial charge in [-0.1, -0.05) is 48.0 Å². The molecule has 2 aromatic carbocycles. The minimum Gasteiger partial charge on any atom is -0.497 e. The molecule has 1 saturated heterocycles. The minimum absolute atomic E-state index is 0.217. The fraction of sp³-hybridized carbons (Fsp3) is 0.348. The molecule has 28 heavy (non-hydrogen) atoms. The molecule has 0 radical (unpaired) electrons. The molecule has 2 aromatic rings. The van der Waals surface area contributed by atoms with Crippen molar-refractivity contribution in [2.75, 3.05) is 40.0 Å². The Labute approximate surface area is 166 Å². The Hall–Kier alpha value is -2.63. The third-order valence-corrected chi connectivity index (χ3v) is 4.98. The number of benzene rings is 2. The summed E-state index contributed by atoms with van der Waals surface area (Å²) in [4.78, 5) is 12.8. The number of ether oxygens (including phenoxy) is 2. The highest BCUT2D eigenvalue weighted by molar-refractivity contribution is 5.68. The molecule has 148 valence electrons. The molecule has 0 spiro atoms. The normalized spacial score (nSPS) is 14.7. The lowest BCUT2D eigenvalue weighted by atomic mass is 9.99. The van der Waals surface area contributed by atoms with Crippen molar-refractivity contribution in [2.45, 2.75) is 12.8 Å². The van der Waals surface area contributed by atoms with Crippen LogP contribution in [0.3, 0.4) is 0 Å². The second-order valence-electron chi connectivity index (χ2n) is 6.94. The van der Waals surface area contributed by atoms with Crippen LogP contribution in [0.4, 0.5) is 0 Å². The Morgan fingerprint density at radius 1 is 1.04 bits per heavy atom. The van der Waals surface area contributed by atoms with Crippen LogP contribution in [-0.2, 0) is 9.53 Å². The van der Waals surface area contributed by atoms with Gasteiger partial charge in [0.15, 0.2) is 0 Å². The molecule has 0 aromatic heterocycles. The van der Waals surface area contributed by atoms with E-state index in [1.165, 1.54) is 22.3 Å². The molecule has 5 nitrogen and oxygen atoms in total. The van der Waals surface area contributed by atoms with Gasteiger partial charge >= 0.3 is 5.97 Å². The lowest BCUT2D eigenvalue weighted by molar-refractivity contribution is -0.142. The zero-order valence-corrected chi connectivity index (χ0v) is 16.3. The summed E-state index contributed by atoms with van der Waals surface area (Å²) in [5.41, 5.74) is 5.06. The number of likely N-dealkylation sites (tertiary alicyclic amines) is 1. The number of hydrogen-bond acceptors (Lipinski definition) is 4. The average molecular weight is 381 g/mol. The maximum atomic E-state index is 10.4. The third kappa shape index (κ3) is 5.94. The number of rotatable bonds is 8. The van der Waals surface area contributed by atoms with Gasteiger partial charge in [0.05, 0.1) is 13.7 Å². The molecular formula is C23H27NO4. The van der Waals surface area contributed by atoms with Gasteiger partial charge in [-0.3, -0.25) is 0 Å². The fourth-order valence-corrected chi connectivity index (χ4v) is 3.35. The quantitative estimate of drug-likeness (QED) is 0.702. The molecule has 1 aliphatic heterocycles. The Bertz CT molecular complexity index is 786. The smallest absolute Gasteiger partial charge is 0.329 e. The van der Waals surface area contributed by atoms with E-state index >= 15 is 0 Å². The number of carboxylic acid groups (broad SMARTS) is 1. The van der Waals surface area contributed by atoms with Crippen molar-refractivity contribution in [1.29, 1.82) is 0 Å². The van der Waals surface area contributed by atoms with E-state index in [0.717, 1.165) is 38.2 Å². The Kier molecular flexibility index (Phi) is 7.23. The van der Waals surface area contributed by atoms with E-state index in [2.05, 4.69) is 47.4 Å². The average Bonchev–Trinajstić information content (AvgIpc) is 2.73. The first-order chi connectivity index (χ1) is 13.6. The highest BCUT2D eigenvalue weighted by atomic mass is 16.5. The van der Waals surface area contributed by atoms with E-state index in [4.69, 9.17) is 14.6 Å². The van der Waals surface area contributed by atoms with E-state index in [9.17, 15) is 4.79 Å². The zero-order valence-electron chi connectivity index (χ0n) is 16.3. The number of aliphatic carboxylic acids is 1. The van der Waals surface area contributed by atoms with E-state index in [1.807, 2.05) is 12.1 Å². The lowest BCUT2D eigenvalue weighted by Crippen LogP contribution is -2.33. The Balaban J connectivity index is 1.50. The summed E-state index contributed by atoms with van der Waals surface area (Å²) < 4.78 is 10.3. The zero-order chi connectivity index (χ0) is 19.8. The highest BCUT2D eigenvalue weighted by Gasteiger charge is 2.13. The number of hydrogen-bond donors (Lipinski definition) is 1. The molecule has 0 atom stereocenters. The second kappa shape index (κ2) is 10.1. The Morgan fingerprint density at radius 2 is 1.64 bits per heavy atom. The van der Waals surface area contributed by atoms with Crippen molar-refractivity contribution in [1.82, 2.24) is 4.90 Å². The number of carbonyl (C=O) groups is 1. The molecule has 1 N–H and O–H groups in total. The van der Waals surface area contributed by atoms with Crippen molar-refractivity contribution >= 4 is 12.0 Å². The van der Waals surface area contributed by atoms with Gasteiger partial charge in [0.2, 0.25) is 0 Å². The van der Waals surface area contributed by atoms with Crippen LogP contribution in [0.5, 0.6) is 5.75 Å². The second-order valence-corrected chi connectivity index (χ2v) is 6.94. The molecule has 3 rings (SSSR count). The van der Waals surface area contributed by atoms with E-state index < -0.39 is 5.97 Å². The summed E-state index contributed by atoms with van der Waals surface area (Å²) in [6, 6.07) is 16.7. The molecule has 5 heteroatoms. The number of piperidine rings is 1. The van der Waals surface area contributed by atoms with Crippen molar-refractivity contribution in [3.8, 4) is 16.9 Å². The van der Waals surface area contributed by atoms with Gasteiger partial charge in [0.25, 0.3) is 0 Å². The summed E-state index contributed by atoms with van der Waals surface area (Å²) in [6.07, 6.45) is 4.37. The summed E-state index contributed by atoms with van der Waals surface area (Å²) in [5.74, 6) is -0.0493. The highest BCUT2D eigenvalue weighted by Crippen LogP contribution is 2.24. The topological polar surface area (TPSA) is 59.0 Å². The van der Waals surface area contributed by atoms with Gasteiger partial charge < -0.3 is 19.5 Å². The standard InChI is InChI=1S/C23H27NO4/c1-27-22-8-6-21(7-9-22)20-4-2-18(3-5-20)16-19-10-12-24(13-11-19)14-15-28-17-23(25)26/h2-9,16H,10-15,17H2,1H3,(H,25,26). The van der Waals surface area contributed by atoms with Crippen molar-refractivity contribution < 1.29 is 19.4 Å². The van der Waals surface area contributed by atoms with Crippen LogP contribution in [0.15, 0.2) is 54.1 Å². The van der Waals surface area contributed by atoms with E-state index in [1.54, 1.807) is 7.11 Å². The predicted octanol–water partition coefficient (Wildman–Crippen LogP) is 3.94. The molecule has 1 heterocycles. The molecule has 0 unspecified atom stereocenters. The monoisotopic (exact) mass is 381 g/mol. The minimum atomic E-state index is -0.915. The van der Waals surface area contributed by atoms with Crippen LogP contribution in [0.25, 0.3) is 17.2 Å². The first-order valence-electron chi connectivity index (χ1n) is 9.60. The summed E-state index contributed by atoms with van der Waals surface area (Å²) in [5, 5.41) is 8.58. The Morgan fingerprint density at radius 3 is 2.21 bits per heavy atom. The van der Waals surface area contributed by atoms with E-state index in [-0.39, 0.29) is 6.61 Å². The summed E-state index contributed by atoms with van der Waals surface area (Å²) in [7, 11) is 1.68. The van der Waals surface area contributed by atoms with Crippen LogP contribution < -0.4 is 4.74 Å². The lowest BCUT2D eigenvalue weighted by Gasteiger charge is -2.28. The van der Waals surface area contributed by atoms with Gasteiger partial charge in [-0.2, -0.15) is 0 Å². The van der Waals surface area contributed by atoms with Gasteiger partial charge in [-0.05, 0) is 41.7 Å². The van der Waals surface area contributed by atoms with Crippen LogP contribution in [0, 0.1) is 0 Å². The van der Waals surface area contributed by atoms with Gasteiger partial charge in [0.1, 0.15) is 12.4 Å². The fourth-order valence-electron chi connectivity index (χ4n) is 3.35.